The van der Waals surface area contributed by atoms with Crippen molar-refractivity contribution < 1.29 is 0 Å². The molecule has 0 atom stereocenters. The summed E-state index contributed by atoms with van der Waals surface area (Å²) in [5, 5.41) is 0. The van der Waals surface area contributed by atoms with E-state index in [1.54, 1.807) is 0 Å². The highest BCUT2D eigenvalue weighted by atomic mass is 14.2. The van der Waals surface area contributed by atoms with Gasteiger partial charge in [0.15, 0.2) is 0 Å². The van der Waals surface area contributed by atoms with Crippen LogP contribution < -0.4 is 0 Å². The Balaban J connectivity index is 2.19. The first-order valence-electron chi connectivity index (χ1n) is 4.49. The molecule has 0 aliphatic heterocycles. The Morgan fingerprint density at radius 1 is 1.40 bits per heavy atom. The summed E-state index contributed by atoms with van der Waals surface area (Å²) >= 11 is 0. The number of rotatable bonds is 2. The molecule has 0 N–H and O–H groups in total. The Morgan fingerprint density at radius 2 is 2.00 bits per heavy atom. The van der Waals surface area contributed by atoms with Gasteiger partial charge in [0.2, 0.25) is 0 Å². The van der Waals surface area contributed by atoms with Gasteiger partial charge in [-0.25, -0.2) is 0 Å². The van der Waals surface area contributed by atoms with Gasteiger partial charge in [0, 0.05) is 0 Å². The van der Waals surface area contributed by atoms with E-state index in [0.29, 0.717) is 0 Å². The smallest absolute Gasteiger partial charge is 0.0320 e. The Hall–Kier alpha value is -0.260. The van der Waals surface area contributed by atoms with E-state index in [4.69, 9.17) is 0 Å². The van der Waals surface area contributed by atoms with Crippen LogP contribution >= 0.6 is 0 Å². The lowest BCUT2D eigenvalue weighted by Gasteiger charge is -2.22. The Bertz CT molecular complexity index is 103. The fourth-order valence-electron chi connectivity index (χ4n) is 1.78. The number of hydrogen-bond acceptors (Lipinski definition) is 0. The predicted octanol–water partition coefficient (Wildman–Crippen LogP) is 3.53. The molecule has 0 aromatic carbocycles. The first-order valence-corrected chi connectivity index (χ1v) is 4.49. The summed E-state index contributed by atoms with van der Waals surface area (Å²) in [5.41, 5.74) is 1.48. The molecule has 10 heavy (non-hydrogen) atoms. The van der Waals surface area contributed by atoms with E-state index in [2.05, 4.69) is 13.5 Å². The van der Waals surface area contributed by atoms with Gasteiger partial charge < -0.3 is 0 Å². The molecule has 0 heterocycles. The van der Waals surface area contributed by atoms with Crippen LogP contribution in [0.3, 0.4) is 0 Å². The van der Waals surface area contributed by atoms with Gasteiger partial charge in [-0.15, -0.1) is 0 Å². The van der Waals surface area contributed by atoms with Crippen LogP contribution in [-0.2, 0) is 0 Å². The number of hydrogen-bond donors (Lipinski definition) is 0. The Labute approximate surface area is 64.3 Å². The van der Waals surface area contributed by atoms with Crippen LogP contribution in [0.2, 0.25) is 0 Å². The quantitative estimate of drug-likeness (QED) is 0.512. The van der Waals surface area contributed by atoms with Crippen molar-refractivity contribution in [2.45, 2.75) is 45.4 Å². The normalized spacial score (nSPS) is 21.5. The second kappa shape index (κ2) is 3.80. The molecule has 0 amide bonds. The third kappa shape index (κ3) is 2.17. The molecular weight excluding hydrogens is 120 g/mol. The molecule has 0 aromatic rings. The molecule has 0 nitrogen and oxygen atoms in total. The summed E-state index contributed by atoms with van der Waals surface area (Å²) in [6.45, 7) is 6.29. The second-order valence-corrected chi connectivity index (χ2v) is 3.48. The van der Waals surface area contributed by atoms with E-state index >= 15 is 0 Å². The van der Waals surface area contributed by atoms with Crippen molar-refractivity contribution in [3.63, 3.8) is 0 Å². The highest BCUT2D eigenvalue weighted by molar-refractivity contribution is 4.97. The lowest BCUT2D eigenvalue weighted by atomic mass is 9.84. The number of allylic oxidation sites excluding steroid dienone is 1. The highest BCUT2D eigenvalue weighted by Crippen LogP contribution is 2.29. The zero-order chi connectivity index (χ0) is 7.40. The SMILES string of the molecule is C=C1CCC(CCC)CC1. The van der Waals surface area contributed by atoms with Crippen LogP contribution in [0.5, 0.6) is 0 Å². The van der Waals surface area contributed by atoms with Gasteiger partial charge in [0.05, 0.1) is 0 Å². The second-order valence-electron chi connectivity index (χ2n) is 3.48. The van der Waals surface area contributed by atoms with Crippen molar-refractivity contribution in [2.75, 3.05) is 0 Å². The standard InChI is InChI=1S/C10H18/c1-3-4-10-7-5-9(2)6-8-10/h10H,2-8H2,1H3. The van der Waals surface area contributed by atoms with Crippen molar-refractivity contribution in [2.24, 2.45) is 5.92 Å². The topological polar surface area (TPSA) is 0 Å². The Morgan fingerprint density at radius 3 is 2.50 bits per heavy atom. The maximum atomic E-state index is 4.01. The van der Waals surface area contributed by atoms with Crippen LogP contribution in [-0.4, -0.2) is 0 Å². The summed E-state index contributed by atoms with van der Waals surface area (Å²) in [6.07, 6.45) is 8.21. The first kappa shape index (κ1) is 7.84. The molecule has 1 rings (SSSR count). The molecule has 1 saturated carbocycles. The highest BCUT2D eigenvalue weighted by Gasteiger charge is 2.13. The minimum absolute atomic E-state index is 1.02. The van der Waals surface area contributed by atoms with Gasteiger partial charge in [0.1, 0.15) is 0 Å². The van der Waals surface area contributed by atoms with E-state index in [1.165, 1.54) is 44.1 Å². The fourth-order valence-corrected chi connectivity index (χ4v) is 1.78. The molecule has 0 spiro atoms. The molecule has 1 aliphatic rings. The van der Waals surface area contributed by atoms with Gasteiger partial charge in [-0.05, 0) is 31.6 Å². The van der Waals surface area contributed by atoms with Gasteiger partial charge in [-0.2, -0.15) is 0 Å². The summed E-state index contributed by atoms with van der Waals surface area (Å²) in [7, 11) is 0. The third-order valence-corrected chi connectivity index (χ3v) is 2.51. The lowest BCUT2D eigenvalue weighted by molar-refractivity contribution is 0.381. The Kier molecular flexibility index (Phi) is 2.98. The largest absolute Gasteiger partial charge is 0.0999 e. The van der Waals surface area contributed by atoms with Crippen molar-refractivity contribution in [3.05, 3.63) is 12.2 Å². The van der Waals surface area contributed by atoms with Gasteiger partial charge in [-0.3, -0.25) is 0 Å². The van der Waals surface area contributed by atoms with Crippen LogP contribution in [0, 0.1) is 5.92 Å². The molecule has 0 heteroatoms. The summed E-state index contributed by atoms with van der Waals surface area (Å²) < 4.78 is 0. The lowest BCUT2D eigenvalue weighted by Crippen LogP contribution is -2.06. The van der Waals surface area contributed by atoms with E-state index in [-0.39, 0.29) is 0 Å². The molecule has 0 saturated heterocycles. The monoisotopic (exact) mass is 138 g/mol. The summed E-state index contributed by atoms with van der Waals surface area (Å²) in [4.78, 5) is 0. The van der Waals surface area contributed by atoms with Gasteiger partial charge in [0.25, 0.3) is 0 Å². The predicted molar refractivity (Wildman–Crippen MR) is 46.0 cm³/mol. The van der Waals surface area contributed by atoms with E-state index < -0.39 is 0 Å². The molecule has 0 radical (unpaired) electrons. The van der Waals surface area contributed by atoms with Crippen molar-refractivity contribution >= 4 is 0 Å². The molecule has 1 fully saturated rings. The van der Waals surface area contributed by atoms with Crippen LogP contribution in [0.25, 0.3) is 0 Å². The molecule has 0 bridgehead atoms. The average Bonchev–Trinajstić information content (AvgIpc) is 1.95. The van der Waals surface area contributed by atoms with Crippen molar-refractivity contribution in [1.29, 1.82) is 0 Å². The first-order chi connectivity index (χ1) is 4.83. The summed E-state index contributed by atoms with van der Waals surface area (Å²) in [6, 6.07) is 0. The molecule has 58 valence electrons. The van der Waals surface area contributed by atoms with Gasteiger partial charge >= 0.3 is 0 Å². The van der Waals surface area contributed by atoms with E-state index in [9.17, 15) is 0 Å². The molecule has 0 aromatic heterocycles. The van der Waals surface area contributed by atoms with E-state index in [1.807, 2.05) is 0 Å². The minimum atomic E-state index is 1.02. The van der Waals surface area contributed by atoms with Crippen LogP contribution in [0.1, 0.15) is 45.4 Å². The third-order valence-electron chi connectivity index (χ3n) is 2.51. The molecular formula is C10H18. The maximum absolute atomic E-state index is 4.01. The van der Waals surface area contributed by atoms with Crippen molar-refractivity contribution in [3.8, 4) is 0 Å². The van der Waals surface area contributed by atoms with Crippen molar-refractivity contribution in [1.82, 2.24) is 0 Å². The summed E-state index contributed by atoms with van der Waals surface area (Å²) in [5.74, 6) is 1.02. The fraction of sp³-hybridized carbons (Fsp3) is 0.800. The zero-order valence-electron chi connectivity index (χ0n) is 7.03. The average molecular weight is 138 g/mol. The van der Waals surface area contributed by atoms with Crippen LogP contribution in [0.15, 0.2) is 12.2 Å². The zero-order valence-corrected chi connectivity index (χ0v) is 7.03. The minimum Gasteiger partial charge on any atom is -0.0999 e. The molecule has 0 unspecified atom stereocenters. The van der Waals surface area contributed by atoms with E-state index in [0.717, 1.165) is 5.92 Å². The van der Waals surface area contributed by atoms with Gasteiger partial charge in [-0.1, -0.05) is 31.9 Å². The molecule has 1 aliphatic carbocycles. The van der Waals surface area contributed by atoms with Crippen LogP contribution in [0.4, 0.5) is 0 Å². The maximum Gasteiger partial charge on any atom is -0.0320 e.